The molecule has 0 amide bonds. The summed E-state index contributed by atoms with van der Waals surface area (Å²) in [5.74, 6) is -1.37. The Bertz CT molecular complexity index is 491. The molecule has 104 valence electrons. The highest BCUT2D eigenvalue weighted by atomic mass is 79.9. The van der Waals surface area contributed by atoms with Crippen molar-refractivity contribution in [1.82, 2.24) is 0 Å². The fraction of sp³-hybridized carbons (Fsp3) is 0.417. The van der Waals surface area contributed by atoms with Gasteiger partial charge in [0.15, 0.2) is 0 Å². The van der Waals surface area contributed by atoms with Crippen molar-refractivity contribution in [2.45, 2.75) is 13.8 Å². The number of benzene rings is 1. The van der Waals surface area contributed by atoms with Crippen LogP contribution in [0.4, 0.5) is 11.4 Å². The van der Waals surface area contributed by atoms with Crippen LogP contribution in [0.25, 0.3) is 0 Å². The molecule has 0 bridgehead atoms. The molecule has 19 heavy (non-hydrogen) atoms. The van der Waals surface area contributed by atoms with Gasteiger partial charge in [-0.15, -0.1) is 0 Å². The number of rotatable bonds is 6. The largest absolute Gasteiger partial charge is 0.481 e. The molecule has 0 heterocycles. The molecule has 1 unspecified atom stereocenters. The third-order valence-corrected chi connectivity index (χ3v) is 3.45. The van der Waals surface area contributed by atoms with E-state index in [2.05, 4.69) is 21.2 Å². The molecule has 6 nitrogen and oxygen atoms in total. The first-order valence-corrected chi connectivity index (χ1v) is 6.53. The van der Waals surface area contributed by atoms with Crippen LogP contribution in [0.15, 0.2) is 22.7 Å². The number of nitrogens with zero attached hydrogens (tertiary/aromatic N) is 1. The van der Waals surface area contributed by atoms with Crippen LogP contribution in [0.1, 0.15) is 13.8 Å². The lowest BCUT2D eigenvalue weighted by molar-refractivity contribution is -0.384. The van der Waals surface area contributed by atoms with Gasteiger partial charge in [-0.3, -0.25) is 14.9 Å². The van der Waals surface area contributed by atoms with E-state index in [1.54, 1.807) is 6.07 Å². The normalized spacial score (nSPS) is 12.2. The summed E-state index contributed by atoms with van der Waals surface area (Å²) in [5, 5.41) is 22.7. The van der Waals surface area contributed by atoms with Crippen molar-refractivity contribution in [3.05, 3.63) is 32.8 Å². The van der Waals surface area contributed by atoms with Gasteiger partial charge in [-0.25, -0.2) is 0 Å². The Morgan fingerprint density at radius 1 is 1.53 bits per heavy atom. The number of nitro benzene ring substituents is 1. The van der Waals surface area contributed by atoms with Crippen molar-refractivity contribution in [2.75, 3.05) is 11.9 Å². The number of halogens is 1. The number of anilines is 1. The molecule has 1 rings (SSSR count). The molecule has 0 aliphatic carbocycles. The van der Waals surface area contributed by atoms with E-state index in [0.29, 0.717) is 10.2 Å². The van der Waals surface area contributed by atoms with Crippen LogP contribution in [0.2, 0.25) is 0 Å². The molecule has 0 saturated carbocycles. The number of non-ortho nitro benzene ring substituents is 1. The predicted molar refractivity (Wildman–Crippen MR) is 75.2 cm³/mol. The molecule has 0 aliphatic rings. The van der Waals surface area contributed by atoms with Gasteiger partial charge in [0, 0.05) is 28.8 Å². The minimum absolute atomic E-state index is 0.00169. The lowest BCUT2D eigenvalue weighted by atomic mass is 9.96. The average Bonchev–Trinajstić information content (AvgIpc) is 2.29. The monoisotopic (exact) mass is 330 g/mol. The molecule has 0 radical (unpaired) electrons. The Hall–Kier alpha value is -1.63. The number of nitrogens with one attached hydrogen (secondary N) is 1. The van der Waals surface area contributed by atoms with E-state index in [4.69, 9.17) is 5.11 Å². The van der Waals surface area contributed by atoms with Gasteiger partial charge in [-0.05, 0) is 27.9 Å². The van der Waals surface area contributed by atoms with Crippen molar-refractivity contribution >= 4 is 33.3 Å². The van der Waals surface area contributed by atoms with Gasteiger partial charge >= 0.3 is 5.97 Å². The van der Waals surface area contributed by atoms with Crippen LogP contribution < -0.4 is 5.32 Å². The van der Waals surface area contributed by atoms with E-state index >= 15 is 0 Å². The van der Waals surface area contributed by atoms with E-state index in [-0.39, 0.29) is 18.2 Å². The Morgan fingerprint density at radius 2 is 2.16 bits per heavy atom. The highest BCUT2D eigenvalue weighted by molar-refractivity contribution is 9.10. The maximum absolute atomic E-state index is 11.0. The Labute approximate surface area is 119 Å². The smallest absolute Gasteiger partial charge is 0.308 e. The molecule has 0 saturated heterocycles. The summed E-state index contributed by atoms with van der Waals surface area (Å²) in [6.07, 6.45) is 0. The number of hydrogen-bond donors (Lipinski definition) is 2. The predicted octanol–water partition coefficient (Wildman–Crippen LogP) is 3.13. The second-order valence-electron chi connectivity index (χ2n) is 4.49. The maximum Gasteiger partial charge on any atom is 0.308 e. The Kier molecular flexibility index (Phi) is 5.29. The quantitative estimate of drug-likeness (QED) is 0.617. The average molecular weight is 331 g/mol. The molecule has 0 spiro atoms. The summed E-state index contributed by atoms with van der Waals surface area (Å²) >= 11 is 3.23. The van der Waals surface area contributed by atoms with Crippen LogP contribution in [-0.4, -0.2) is 22.5 Å². The highest BCUT2D eigenvalue weighted by Gasteiger charge is 2.21. The topological polar surface area (TPSA) is 92.5 Å². The summed E-state index contributed by atoms with van der Waals surface area (Å²) in [4.78, 5) is 21.2. The molecule has 1 atom stereocenters. The van der Waals surface area contributed by atoms with E-state index < -0.39 is 16.8 Å². The zero-order valence-corrected chi connectivity index (χ0v) is 12.2. The van der Waals surface area contributed by atoms with Gasteiger partial charge in [-0.2, -0.15) is 0 Å². The second-order valence-corrected chi connectivity index (χ2v) is 5.35. The van der Waals surface area contributed by atoms with Crippen molar-refractivity contribution in [3.63, 3.8) is 0 Å². The molecule has 2 N–H and O–H groups in total. The van der Waals surface area contributed by atoms with Gasteiger partial charge in [-0.1, -0.05) is 13.8 Å². The van der Waals surface area contributed by atoms with Gasteiger partial charge < -0.3 is 10.4 Å². The number of carboxylic acids is 1. The van der Waals surface area contributed by atoms with Crippen molar-refractivity contribution in [1.29, 1.82) is 0 Å². The summed E-state index contributed by atoms with van der Waals surface area (Å²) in [6, 6.07) is 4.31. The van der Waals surface area contributed by atoms with Gasteiger partial charge in [0.1, 0.15) is 0 Å². The zero-order chi connectivity index (χ0) is 14.6. The van der Waals surface area contributed by atoms with Crippen LogP contribution in [0.3, 0.4) is 0 Å². The SMILES string of the molecule is CC(C)C(CNc1ccc([N+](=O)[O-])cc1Br)C(=O)O. The van der Waals surface area contributed by atoms with E-state index in [1.165, 1.54) is 12.1 Å². The van der Waals surface area contributed by atoms with Gasteiger partial charge in [0.2, 0.25) is 0 Å². The summed E-state index contributed by atoms with van der Waals surface area (Å²) in [7, 11) is 0. The lowest BCUT2D eigenvalue weighted by Crippen LogP contribution is -2.27. The summed E-state index contributed by atoms with van der Waals surface area (Å²) in [5.41, 5.74) is 0.619. The van der Waals surface area contributed by atoms with Crippen LogP contribution in [-0.2, 0) is 4.79 Å². The number of nitro groups is 1. The molecular weight excluding hydrogens is 316 g/mol. The highest BCUT2D eigenvalue weighted by Crippen LogP contribution is 2.27. The van der Waals surface area contributed by atoms with E-state index in [0.717, 1.165) is 0 Å². The number of carboxylic acid groups (broad SMARTS) is 1. The third-order valence-electron chi connectivity index (χ3n) is 2.80. The van der Waals surface area contributed by atoms with Crippen LogP contribution in [0.5, 0.6) is 0 Å². The van der Waals surface area contributed by atoms with Crippen LogP contribution in [0, 0.1) is 22.0 Å². The molecule has 1 aromatic carbocycles. The molecular formula is C12H15BrN2O4. The first kappa shape index (κ1) is 15.4. The van der Waals surface area contributed by atoms with Gasteiger partial charge in [0.05, 0.1) is 10.8 Å². The zero-order valence-electron chi connectivity index (χ0n) is 10.6. The molecule has 0 aliphatic heterocycles. The molecule has 0 fully saturated rings. The minimum Gasteiger partial charge on any atom is -0.481 e. The first-order chi connectivity index (χ1) is 8.82. The lowest BCUT2D eigenvalue weighted by Gasteiger charge is -2.18. The molecule has 0 aromatic heterocycles. The van der Waals surface area contributed by atoms with Crippen molar-refractivity contribution < 1.29 is 14.8 Å². The summed E-state index contributed by atoms with van der Waals surface area (Å²) < 4.78 is 0.537. The Morgan fingerprint density at radius 3 is 2.58 bits per heavy atom. The van der Waals surface area contributed by atoms with Crippen molar-refractivity contribution in [2.24, 2.45) is 11.8 Å². The standard InChI is InChI=1S/C12H15BrN2O4/c1-7(2)9(12(16)17)6-14-11-4-3-8(15(18)19)5-10(11)13/h3-5,7,9,14H,6H2,1-2H3,(H,16,17). The number of carbonyl (C=O) groups is 1. The van der Waals surface area contributed by atoms with E-state index in [1.807, 2.05) is 13.8 Å². The number of aliphatic carboxylic acids is 1. The second kappa shape index (κ2) is 6.51. The third kappa shape index (κ3) is 4.20. The fourth-order valence-corrected chi connectivity index (χ4v) is 2.10. The molecule has 7 heteroatoms. The molecule has 1 aromatic rings. The van der Waals surface area contributed by atoms with Crippen LogP contribution >= 0.6 is 15.9 Å². The fourth-order valence-electron chi connectivity index (χ4n) is 1.59. The maximum atomic E-state index is 11.0. The van der Waals surface area contributed by atoms with Crippen molar-refractivity contribution in [3.8, 4) is 0 Å². The minimum atomic E-state index is -0.861. The van der Waals surface area contributed by atoms with Gasteiger partial charge in [0.25, 0.3) is 5.69 Å². The Balaban J connectivity index is 2.78. The first-order valence-electron chi connectivity index (χ1n) is 5.73. The summed E-state index contributed by atoms with van der Waals surface area (Å²) in [6.45, 7) is 3.94. The van der Waals surface area contributed by atoms with E-state index in [9.17, 15) is 14.9 Å². The number of hydrogen-bond acceptors (Lipinski definition) is 4.